The normalized spacial score (nSPS) is 11.1. The Kier molecular flexibility index (Phi) is 4.55. The summed E-state index contributed by atoms with van der Waals surface area (Å²) in [5.41, 5.74) is 3.26. The van der Waals surface area contributed by atoms with Crippen LogP contribution in [-0.4, -0.2) is 25.3 Å². The van der Waals surface area contributed by atoms with E-state index in [0.29, 0.717) is 16.9 Å². The fraction of sp³-hybridized carbons (Fsp3) is 0.0833. The monoisotopic (exact) mass is 409 g/mol. The average molecular weight is 409 g/mol. The van der Waals surface area contributed by atoms with Gasteiger partial charge in [0.05, 0.1) is 5.69 Å². The number of nitrogens with one attached hydrogen (secondary N) is 1. The van der Waals surface area contributed by atoms with Gasteiger partial charge in [0.25, 0.3) is 5.56 Å². The van der Waals surface area contributed by atoms with E-state index in [0.717, 1.165) is 26.6 Å². The van der Waals surface area contributed by atoms with Crippen molar-refractivity contribution in [2.75, 3.05) is 5.32 Å². The number of aryl methyl sites for hydroxylation is 1. The van der Waals surface area contributed by atoms with Crippen LogP contribution in [0.3, 0.4) is 0 Å². The van der Waals surface area contributed by atoms with Crippen LogP contribution >= 0.6 is 0 Å². The fourth-order valence-electron chi connectivity index (χ4n) is 3.67. The van der Waals surface area contributed by atoms with Crippen molar-refractivity contribution in [3.8, 4) is 11.3 Å². The molecule has 0 fully saturated rings. The lowest BCUT2D eigenvalue weighted by Crippen LogP contribution is -2.30. The number of nitrogens with zero attached hydrogens (tertiary/aromatic N) is 4. The highest BCUT2D eigenvalue weighted by Gasteiger charge is 2.14. The first kappa shape index (κ1) is 18.7. The molecular formula is C24H19N5O2. The van der Waals surface area contributed by atoms with Crippen LogP contribution < -0.4 is 10.9 Å². The lowest BCUT2D eigenvalue weighted by Gasteiger charge is -2.08. The topological polar surface area (TPSA) is 81.3 Å². The van der Waals surface area contributed by atoms with Crippen molar-refractivity contribution in [1.82, 2.24) is 19.4 Å². The summed E-state index contributed by atoms with van der Waals surface area (Å²) in [4.78, 5) is 25.4. The lowest BCUT2D eigenvalue weighted by molar-refractivity contribution is -0.117. The minimum Gasteiger partial charge on any atom is -0.324 e. The Hall–Kier alpha value is -4.26. The van der Waals surface area contributed by atoms with E-state index < -0.39 is 0 Å². The highest BCUT2D eigenvalue weighted by atomic mass is 16.2. The quantitative estimate of drug-likeness (QED) is 0.491. The molecule has 0 spiro atoms. The molecule has 0 atom stereocenters. The summed E-state index contributed by atoms with van der Waals surface area (Å²) in [6.07, 6.45) is 1.45. The minimum atomic E-state index is -0.374. The van der Waals surface area contributed by atoms with Crippen molar-refractivity contribution in [2.45, 2.75) is 13.5 Å². The number of benzene rings is 3. The van der Waals surface area contributed by atoms with E-state index in [1.54, 1.807) is 6.07 Å². The number of fused-ring (bicyclic) bond motifs is 2. The Balaban J connectivity index is 1.48. The van der Waals surface area contributed by atoms with Gasteiger partial charge in [0.1, 0.15) is 18.4 Å². The van der Waals surface area contributed by atoms with Crippen LogP contribution in [0.1, 0.15) is 5.56 Å². The molecule has 3 aromatic carbocycles. The minimum absolute atomic E-state index is 0.182. The van der Waals surface area contributed by atoms with Gasteiger partial charge < -0.3 is 5.32 Å². The highest BCUT2D eigenvalue weighted by molar-refractivity contribution is 5.96. The molecule has 0 saturated heterocycles. The van der Waals surface area contributed by atoms with Crippen molar-refractivity contribution >= 4 is 27.9 Å². The van der Waals surface area contributed by atoms with E-state index in [1.165, 1.54) is 10.8 Å². The summed E-state index contributed by atoms with van der Waals surface area (Å²) in [6, 6.07) is 23.2. The molecule has 1 amide bonds. The molecule has 0 radical (unpaired) electrons. The molecule has 1 N–H and O–H groups in total. The number of para-hydroxylation sites is 1. The molecule has 0 unspecified atom stereocenters. The predicted octanol–water partition coefficient (Wildman–Crippen LogP) is 3.66. The van der Waals surface area contributed by atoms with Crippen molar-refractivity contribution in [2.24, 2.45) is 0 Å². The molecule has 5 rings (SSSR count). The van der Waals surface area contributed by atoms with E-state index in [9.17, 15) is 9.59 Å². The van der Waals surface area contributed by atoms with Gasteiger partial charge in [-0.3, -0.25) is 9.59 Å². The molecule has 5 aromatic rings. The third kappa shape index (κ3) is 3.46. The molecule has 0 aliphatic rings. The maximum atomic E-state index is 13.0. The van der Waals surface area contributed by atoms with Crippen molar-refractivity contribution in [3.63, 3.8) is 0 Å². The summed E-state index contributed by atoms with van der Waals surface area (Å²) in [5, 5.41) is 13.6. The second-order valence-corrected chi connectivity index (χ2v) is 7.34. The first-order valence-corrected chi connectivity index (χ1v) is 9.89. The molecule has 2 aromatic heterocycles. The lowest BCUT2D eigenvalue weighted by atomic mass is 10.0. The number of amides is 1. The Morgan fingerprint density at radius 2 is 1.77 bits per heavy atom. The maximum Gasteiger partial charge on any atom is 0.293 e. The third-order valence-electron chi connectivity index (χ3n) is 5.27. The van der Waals surface area contributed by atoms with E-state index in [4.69, 9.17) is 0 Å². The highest BCUT2D eigenvalue weighted by Crippen LogP contribution is 2.27. The third-order valence-corrected chi connectivity index (χ3v) is 5.27. The molecular weight excluding hydrogens is 390 g/mol. The Bertz CT molecular complexity index is 1490. The van der Waals surface area contributed by atoms with Gasteiger partial charge in [-0.25, -0.2) is 9.20 Å². The zero-order valence-corrected chi connectivity index (χ0v) is 16.8. The number of hydrogen-bond donors (Lipinski definition) is 1. The summed E-state index contributed by atoms with van der Waals surface area (Å²) in [5.74, 6) is -0.318. The summed E-state index contributed by atoms with van der Waals surface area (Å²) >= 11 is 0. The SMILES string of the molecule is Cc1ccccc1NC(=O)Cn1ncn2nc(-c3cccc4ccccc34)cc2c1=O. The van der Waals surface area contributed by atoms with Crippen LogP contribution in [0.25, 0.3) is 27.5 Å². The van der Waals surface area contributed by atoms with Gasteiger partial charge in [0, 0.05) is 11.3 Å². The van der Waals surface area contributed by atoms with E-state index in [-0.39, 0.29) is 18.0 Å². The number of carbonyl (C=O) groups is 1. The van der Waals surface area contributed by atoms with Gasteiger partial charge >= 0.3 is 0 Å². The zero-order valence-electron chi connectivity index (χ0n) is 16.8. The Morgan fingerprint density at radius 1 is 1.00 bits per heavy atom. The number of rotatable bonds is 4. The van der Waals surface area contributed by atoms with E-state index in [1.807, 2.05) is 73.7 Å². The molecule has 7 heteroatoms. The fourth-order valence-corrected chi connectivity index (χ4v) is 3.67. The number of aromatic nitrogens is 4. The van der Waals surface area contributed by atoms with Crippen LogP contribution in [0.15, 0.2) is 83.9 Å². The first-order valence-electron chi connectivity index (χ1n) is 9.89. The summed E-state index contributed by atoms with van der Waals surface area (Å²) < 4.78 is 2.60. The Morgan fingerprint density at radius 3 is 2.65 bits per heavy atom. The van der Waals surface area contributed by atoms with Crippen LogP contribution in [0.5, 0.6) is 0 Å². The first-order chi connectivity index (χ1) is 15.1. The van der Waals surface area contributed by atoms with Gasteiger partial charge in [0.2, 0.25) is 5.91 Å². The second kappa shape index (κ2) is 7.53. The van der Waals surface area contributed by atoms with E-state index in [2.05, 4.69) is 15.5 Å². The van der Waals surface area contributed by atoms with Crippen LogP contribution in [0.2, 0.25) is 0 Å². The zero-order chi connectivity index (χ0) is 21.4. The molecule has 2 heterocycles. The largest absolute Gasteiger partial charge is 0.324 e. The molecule has 31 heavy (non-hydrogen) atoms. The smallest absolute Gasteiger partial charge is 0.293 e. The van der Waals surface area contributed by atoms with Crippen molar-refractivity contribution in [1.29, 1.82) is 0 Å². The molecule has 0 aliphatic heterocycles. The maximum absolute atomic E-state index is 13.0. The second-order valence-electron chi connectivity index (χ2n) is 7.34. The van der Waals surface area contributed by atoms with Crippen LogP contribution in [0.4, 0.5) is 5.69 Å². The van der Waals surface area contributed by atoms with Crippen LogP contribution in [0, 0.1) is 6.92 Å². The van der Waals surface area contributed by atoms with Gasteiger partial charge in [-0.05, 0) is 35.4 Å². The molecule has 7 nitrogen and oxygen atoms in total. The number of anilines is 1. The molecule has 152 valence electrons. The van der Waals surface area contributed by atoms with Crippen molar-refractivity contribution in [3.05, 3.63) is 95.0 Å². The number of hydrogen-bond acceptors (Lipinski definition) is 4. The summed E-state index contributed by atoms with van der Waals surface area (Å²) in [6.45, 7) is 1.73. The molecule has 0 bridgehead atoms. The van der Waals surface area contributed by atoms with Gasteiger partial charge in [0.15, 0.2) is 0 Å². The van der Waals surface area contributed by atoms with Crippen molar-refractivity contribution < 1.29 is 4.79 Å². The van der Waals surface area contributed by atoms with Gasteiger partial charge in [-0.2, -0.15) is 10.2 Å². The Labute approximate surface area is 177 Å². The molecule has 0 saturated carbocycles. The van der Waals surface area contributed by atoms with Gasteiger partial charge in [-0.1, -0.05) is 60.7 Å². The standard InChI is InChI=1S/C24H19N5O2/c1-16-7-2-5-12-20(16)26-23(30)14-28-24(31)22-13-21(27-29(22)15-25-28)19-11-6-9-17-8-3-4-10-18(17)19/h2-13,15H,14H2,1H3,(H,26,30). The average Bonchev–Trinajstić information content (AvgIpc) is 3.22. The molecule has 0 aliphatic carbocycles. The van der Waals surface area contributed by atoms with Crippen LogP contribution in [-0.2, 0) is 11.3 Å². The number of carbonyl (C=O) groups excluding carboxylic acids is 1. The van der Waals surface area contributed by atoms with E-state index >= 15 is 0 Å². The predicted molar refractivity (Wildman–Crippen MR) is 120 cm³/mol. The van der Waals surface area contributed by atoms with Gasteiger partial charge in [-0.15, -0.1) is 0 Å². The summed E-state index contributed by atoms with van der Waals surface area (Å²) in [7, 11) is 0.